The fraction of sp³-hybridized carbons (Fsp3) is 0.455. The number of rotatable bonds is 2. The van der Waals surface area contributed by atoms with E-state index in [1.165, 1.54) is 11.3 Å². The van der Waals surface area contributed by atoms with Gasteiger partial charge in [-0.2, -0.15) is 0 Å². The van der Waals surface area contributed by atoms with Gasteiger partial charge < -0.3 is 10.1 Å². The molecule has 0 amide bonds. The molecule has 2 aromatic rings. The Morgan fingerprint density at radius 2 is 2.53 bits per heavy atom. The second-order valence-corrected chi connectivity index (χ2v) is 5.24. The first-order chi connectivity index (χ1) is 8.22. The third kappa shape index (κ3) is 2.11. The Balaban J connectivity index is 1.88. The summed E-state index contributed by atoms with van der Waals surface area (Å²) >= 11 is 1.41. The summed E-state index contributed by atoms with van der Waals surface area (Å²) in [6, 6.07) is 1.86. The van der Waals surface area contributed by atoms with Crippen molar-refractivity contribution in [2.24, 2.45) is 0 Å². The van der Waals surface area contributed by atoms with Crippen molar-refractivity contribution in [3.63, 3.8) is 0 Å². The highest BCUT2D eigenvalue weighted by molar-refractivity contribution is 7.17. The van der Waals surface area contributed by atoms with Crippen molar-refractivity contribution in [3.05, 3.63) is 27.6 Å². The van der Waals surface area contributed by atoms with E-state index >= 15 is 0 Å². The van der Waals surface area contributed by atoms with Crippen LogP contribution >= 0.6 is 11.3 Å². The molecular weight excluding hydrogens is 238 g/mol. The molecular formula is C11H13N3O2S. The average molecular weight is 251 g/mol. The molecule has 1 aliphatic rings. The second-order valence-electron chi connectivity index (χ2n) is 4.33. The van der Waals surface area contributed by atoms with Crippen LogP contribution in [0.15, 0.2) is 16.2 Å². The lowest BCUT2D eigenvalue weighted by Gasteiger charge is -2.13. The Labute approximate surface area is 102 Å². The van der Waals surface area contributed by atoms with Crippen LogP contribution < -0.4 is 5.56 Å². The van der Waals surface area contributed by atoms with Gasteiger partial charge in [-0.1, -0.05) is 0 Å². The number of thiophene rings is 1. The Morgan fingerprint density at radius 3 is 3.29 bits per heavy atom. The van der Waals surface area contributed by atoms with Gasteiger partial charge in [0, 0.05) is 13.1 Å². The van der Waals surface area contributed by atoms with Gasteiger partial charge >= 0.3 is 0 Å². The first-order valence-electron chi connectivity index (χ1n) is 5.59. The predicted octanol–water partition coefficient (Wildman–Crippen LogP) is 0.551. The van der Waals surface area contributed by atoms with Gasteiger partial charge in [0.2, 0.25) is 0 Å². The number of nitrogens with one attached hydrogen (secondary N) is 1. The fourth-order valence-electron chi connectivity index (χ4n) is 2.16. The molecule has 0 aromatic carbocycles. The molecule has 1 fully saturated rings. The van der Waals surface area contributed by atoms with Crippen molar-refractivity contribution >= 4 is 21.6 Å². The quantitative estimate of drug-likeness (QED) is 0.818. The van der Waals surface area contributed by atoms with Gasteiger partial charge in [0.05, 0.1) is 18.2 Å². The first-order valence-corrected chi connectivity index (χ1v) is 6.47. The summed E-state index contributed by atoms with van der Waals surface area (Å²) in [6.07, 6.45) is 0.553. The maximum atomic E-state index is 11.7. The Hall–Kier alpha value is -1.24. The van der Waals surface area contributed by atoms with Gasteiger partial charge in [-0.25, -0.2) is 4.98 Å². The van der Waals surface area contributed by atoms with Crippen LogP contribution in [-0.4, -0.2) is 39.2 Å². The van der Waals surface area contributed by atoms with Crippen molar-refractivity contribution in [3.8, 4) is 0 Å². The number of nitrogens with zero attached hydrogens (tertiary/aromatic N) is 2. The monoisotopic (exact) mass is 251 g/mol. The number of hydrogen-bond acceptors (Lipinski definition) is 5. The van der Waals surface area contributed by atoms with E-state index in [4.69, 9.17) is 0 Å². The maximum absolute atomic E-state index is 11.7. The largest absolute Gasteiger partial charge is 0.392 e. The lowest BCUT2D eigenvalue weighted by Crippen LogP contribution is -2.24. The zero-order valence-electron chi connectivity index (χ0n) is 9.22. The zero-order chi connectivity index (χ0) is 11.8. The third-order valence-electron chi connectivity index (χ3n) is 2.98. The van der Waals surface area contributed by atoms with Crippen molar-refractivity contribution in [2.45, 2.75) is 19.1 Å². The molecule has 0 radical (unpaired) electrons. The number of aromatic nitrogens is 2. The number of hydrogen-bond donors (Lipinski definition) is 2. The number of H-pyrrole nitrogens is 1. The molecule has 0 aliphatic carbocycles. The molecule has 1 saturated heterocycles. The van der Waals surface area contributed by atoms with Crippen LogP contribution in [0.3, 0.4) is 0 Å². The summed E-state index contributed by atoms with van der Waals surface area (Å²) in [5.74, 6) is 0.676. The summed E-state index contributed by atoms with van der Waals surface area (Å²) in [7, 11) is 0. The molecule has 2 N–H and O–H groups in total. The second kappa shape index (κ2) is 4.21. The van der Waals surface area contributed by atoms with Crippen LogP contribution in [-0.2, 0) is 6.54 Å². The highest BCUT2D eigenvalue weighted by Gasteiger charge is 2.20. The van der Waals surface area contributed by atoms with E-state index in [0.29, 0.717) is 23.6 Å². The molecule has 3 rings (SSSR count). The van der Waals surface area contributed by atoms with Gasteiger partial charge in [0.15, 0.2) is 0 Å². The van der Waals surface area contributed by atoms with E-state index in [2.05, 4.69) is 14.9 Å². The number of fused-ring (bicyclic) bond motifs is 1. The minimum absolute atomic E-state index is 0.0697. The van der Waals surface area contributed by atoms with Crippen LogP contribution in [0, 0.1) is 0 Å². The van der Waals surface area contributed by atoms with E-state index in [-0.39, 0.29) is 11.7 Å². The summed E-state index contributed by atoms with van der Waals surface area (Å²) in [5.41, 5.74) is 0.688. The number of β-amino-alcohol motifs (C(OH)–C–C–N with tert-alkyl or cyclic N) is 1. The van der Waals surface area contributed by atoms with Crippen LogP contribution in [0.4, 0.5) is 0 Å². The van der Waals surface area contributed by atoms with E-state index < -0.39 is 0 Å². The van der Waals surface area contributed by atoms with E-state index in [1.807, 2.05) is 11.4 Å². The van der Waals surface area contributed by atoms with Crippen molar-refractivity contribution in [2.75, 3.05) is 13.1 Å². The maximum Gasteiger partial charge on any atom is 0.268 e. The van der Waals surface area contributed by atoms with E-state index in [1.54, 1.807) is 0 Å². The zero-order valence-corrected chi connectivity index (χ0v) is 10.0. The molecule has 0 spiro atoms. The minimum atomic E-state index is -0.244. The highest BCUT2D eigenvalue weighted by atomic mass is 32.1. The molecule has 90 valence electrons. The molecule has 0 unspecified atom stereocenters. The van der Waals surface area contributed by atoms with Crippen LogP contribution in [0.5, 0.6) is 0 Å². The fourth-order valence-corrected chi connectivity index (χ4v) is 2.89. The molecule has 1 aliphatic heterocycles. The van der Waals surface area contributed by atoms with E-state index in [9.17, 15) is 9.90 Å². The van der Waals surface area contributed by atoms with Gasteiger partial charge in [0.25, 0.3) is 5.56 Å². The smallest absolute Gasteiger partial charge is 0.268 e. The average Bonchev–Trinajstić information content (AvgIpc) is 2.87. The standard InChI is InChI=1S/C11H13N3O2S/c15-7-1-3-14(5-7)6-9-12-8-2-4-17-10(8)11(16)13-9/h2,4,7,15H,1,3,5-6H2,(H,12,13,16)/t7-/m0/s1. The topological polar surface area (TPSA) is 69.2 Å². The normalized spacial score (nSPS) is 21.4. The summed E-state index contributed by atoms with van der Waals surface area (Å²) in [4.78, 5) is 21.1. The lowest BCUT2D eigenvalue weighted by molar-refractivity contribution is 0.174. The molecule has 1 atom stereocenters. The molecule has 2 aromatic heterocycles. The third-order valence-corrected chi connectivity index (χ3v) is 3.89. The lowest BCUT2D eigenvalue weighted by atomic mass is 10.3. The van der Waals surface area contributed by atoms with Gasteiger partial charge in [-0.05, 0) is 17.9 Å². The Kier molecular flexibility index (Phi) is 2.70. The number of aliphatic hydroxyl groups is 1. The van der Waals surface area contributed by atoms with Gasteiger partial charge in [-0.15, -0.1) is 11.3 Å². The first kappa shape index (κ1) is 10.9. The number of aromatic amines is 1. The van der Waals surface area contributed by atoms with Crippen molar-refractivity contribution in [1.82, 2.24) is 14.9 Å². The highest BCUT2D eigenvalue weighted by Crippen LogP contribution is 2.15. The summed E-state index contributed by atoms with van der Waals surface area (Å²) < 4.78 is 0.676. The van der Waals surface area contributed by atoms with Gasteiger partial charge in [-0.3, -0.25) is 9.69 Å². The van der Waals surface area contributed by atoms with Crippen molar-refractivity contribution in [1.29, 1.82) is 0 Å². The molecule has 5 nitrogen and oxygen atoms in total. The summed E-state index contributed by atoms with van der Waals surface area (Å²) in [5, 5.41) is 11.3. The molecule has 6 heteroatoms. The van der Waals surface area contributed by atoms with Crippen LogP contribution in [0.1, 0.15) is 12.2 Å². The predicted molar refractivity (Wildman–Crippen MR) is 66.1 cm³/mol. The van der Waals surface area contributed by atoms with Crippen molar-refractivity contribution < 1.29 is 5.11 Å². The van der Waals surface area contributed by atoms with E-state index in [0.717, 1.165) is 18.5 Å². The Morgan fingerprint density at radius 1 is 1.65 bits per heavy atom. The van der Waals surface area contributed by atoms with Crippen LogP contribution in [0.25, 0.3) is 10.2 Å². The van der Waals surface area contributed by atoms with Crippen LogP contribution in [0.2, 0.25) is 0 Å². The molecule has 0 saturated carbocycles. The Bertz CT molecular complexity index is 592. The number of aliphatic hydroxyl groups excluding tert-OH is 1. The molecule has 3 heterocycles. The number of likely N-dealkylation sites (tertiary alicyclic amines) is 1. The molecule has 17 heavy (non-hydrogen) atoms. The SMILES string of the molecule is O=c1[nH]c(CN2CC[C@H](O)C2)nc2ccsc12. The molecule has 0 bridgehead atoms. The van der Waals surface area contributed by atoms with Gasteiger partial charge in [0.1, 0.15) is 10.5 Å². The minimum Gasteiger partial charge on any atom is -0.392 e. The summed E-state index contributed by atoms with van der Waals surface area (Å²) in [6.45, 7) is 2.11.